The highest BCUT2D eigenvalue weighted by Gasteiger charge is 2.09. The molecule has 0 spiro atoms. The molecule has 0 aliphatic rings. The first-order chi connectivity index (χ1) is 9.19. The molecule has 2 rings (SSSR count). The second kappa shape index (κ2) is 5.97. The Morgan fingerprint density at radius 2 is 1.79 bits per heavy atom. The minimum Gasteiger partial charge on any atom is -0.324 e. The van der Waals surface area contributed by atoms with Gasteiger partial charge >= 0.3 is 0 Å². The highest BCUT2D eigenvalue weighted by Crippen LogP contribution is 2.17. The summed E-state index contributed by atoms with van der Waals surface area (Å²) in [6.45, 7) is 6.27. The number of hydrogen-bond donors (Lipinski definition) is 1. The van der Waals surface area contributed by atoms with Gasteiger partial charge in [-0.15, -0.1) is 0 Å². The Bertz CT molecular complexity index is 528. The summed E-state index contributed by atoms with van der Waals surface area (Å²) < 4.78 is 1.93. The summed E-state index contributed by atoms with van der Waals surface area (Å²) in [5.74, 6) is 1.90. The van der Waals surface area contributed by atoms with Gasteiger partial charge in [0.15, 0.2) is 5.82 Å². The van der Waals surface area contributed by atoms with Crippen LogP contribution in [0.2, 0.25) is 0 Å². The van der Waals surface area contributed by atoms with Crippen molar-refractivity contribution in [3.63, 3.8) is 0 Å². The van der Waals surface area contributed by atoms with E-state index in [1.807, 2.05) is 4.68 Å². The lowest BCUT2D eigenvalue weighted by Crippen LogP contribution is -2.09. The van der Waals surface area contributed by atoms with Crippen molar-refractivity contribution in [3.8, 4) is 5.69 Å². The molecule has 0 radical (unpaired) electrons. The Morgan fingerprint density at radius 1 is 1.11 bits per heavy atom. The summed E-state index contributed by atoms with van der Waals surface area (Å²) in [5, 5.41) is 4.54. The maximum atomic E-state index is 6.03. The molecule has 4 nitrogen and oxygen atoms in total. The number of benzene rings is 1. The van der Waals surface area contributed by atoms with Gasteiger partial charge < -0.3 is 5.73 Å². The van der Waals surface area contributed by atoms with E-state index >= 15 is 0 Å². The standard InChI is InChI=1S/C15H22N4/c1-4-13(16)11-7-9-12(10-8-11)19-15(6-3)17-14(5-2)18-19/h7-10,13H,4-6,16H2,1-3H3/t13-/m1/s1. The van der Waals surface area contributed by atoms with Crippen molar-refractivity contribution in [1.29, 1.82) is 0 Å². The number of nitrogens with two attached hydrogens (primary N) is 1. The Kier molecular flexibility index (Phi) is 4.32. The summed E-state index contributed by atoms with van der Waals surface area (Å²) in [4.78, 5) is 4.52. The van der Waals surface area contributed by atoms with Crippen molar-refractivity contribution >= 4 is 0 Å². The average molecular weight is 258 g/mol. The summed E-state index contributed by atoms with van der Waals surface area (Å²) in [6.07, 6.45) is 2.69. The highest BCUT2D eigenvalue weighted by molar-refractivity contribution is 5.35. The lowest BCUT2D eigenvalue weighted by atomic mass is 10.1. The molecule has 19 heavy (non-hydrogen) atoms. The largest absolute Gasteiger partial charge is 0.324 e. The van der Waals surface area contributed by atoms with Crippen LogP contribution in [0.4, 0.5) is 0 Å². The zero-order valence-electron chi connectivity index (χ0n) is 11.9. The Morgan fingerprint density at radius 3 is 2.32 bits per heavy atom. The first kappa shape index (κ1) is 13.7. The molecule has 0 unspecified atom stereocenters. The fraction of sp³-hybridized carbons (Fsp3) is 0.467. The third kappa shape index (κ3) is 2.84. The molecule has 0 saturated carbocycles. The van der Waals surface area contributed by atoms with Gasteiger partial charge in [-0.25, -0.2) is 9.67 Å². The van der Waals surface area contributed by atoms with Crippen molar-refractivity contribution in [2.45, 2.75) is 46.1 Å². The van der Waals surface area contributed by atoms with E-state index < -0.39 is 0 Å². The molecule has 1 heterocycles. The van der Waals surface area contributed by atoms with E-state index in [-0.39, 0.29) is 6.04 Å². The van der Waals surface area contributed by atoms with E-state index in [0.29, 0.717) is 0 Å². The maximum absolute atomic E-state index is 6.03. The first-order valence-electron chi connectivity index (χ1n) is 7.00. The van der Waals surface area contributed by atoms with Crippen LogP contribution in [0, 0.1) is 0 Å². The van der Waals surface area contributed by atoms with E-state index in [1.165, 1.54) is 5.56 Å². The first-order valence-corrected chi connectivity index (χ1v) is 7.00. The van der Waals surface area contributed by atoms with Gasteiger partial charge in [-0.05, 0) is 24.1 Å². The van der Waals surface area contributed by atoms with Crippen LogP contribution >= 0.6 is 0 Å². The van der Waals surface area contributed by atoms with Crippen LogP contribution in [0.15, 0.2) is 24.3 Å². The van der Waals surface area contributed by atoms with Gasteiger partial charge in [-0.3, -0.25) is 0 Å². The fourth-order valence-corrected chi connectivity index (χ4v) is 2.08. The molecule has 0 fully saturated rings. The Labute approximate surface area is 114 Å². The van der Waals surface area contributed by atoms with Crippen molar-refractivity contribution < 1.29 is 0 Å². The molecule has 1 aromatic carbocycles. The number of aryl methyl sites for hydroxylation is 2. The number of aromatic nitrogens is 3. The van der Waals surface area contributed by atoms with E-state index in [0.717, 1.165) is 36.6 Å². The second-order valence-corrected chi connectivity index (χ2v) is 4.67. The zero-order chi connectivity index (χ0) is 13.8. The molecule has 0 saturated heterocycles. The third-order valence-corrected chi connectivity index (χ3v) is 3.36. The van der Waals surface area contributed by atoms with E-state index in [2.05, 4.69) is 55.1 Å². The van der Waals surface area contributed by atoms with E-state index in [1.54, 1.807) is 0 Å². The predicted molar refractivity (Wildman–Crippen MR) is 77.3 cm³/mol. The molecule has 0 aliphatic heterocycles. The van der Waals surface area contributed by atoms with Gasteiger partial charge in [-0.1, -0.05) is 32.9 Å². The highest BCUT2D eigenvalue weighted by atomic mass is 15.3. The molecule has 0 bridgehead atoms. The molecule has 1 atom stereocenters. The minimum absolute atomic E-state index is 0.113. The molecule has 102 valence electrons. The summed E-state index contributed by atoms with van der Waals surface area (Å²) in [6, 6.07) is 8.41. The Balaban J connectivity index is 2.34. The topological polar surface area (TPSA) is 56.7 Å². The van der Waals surface area contributed by atoms with Crippen LogP contribution in [0.5, 0.6) is 0 Å². The van der Waals surface area contributed by atoms with Crippen LogP contribution < -0.4 is 5.73 Å². The van der Waals surface area contributed by atoms with Crippen molar-refractivity contribution in [2.75, 3.05) is 0 Å². The molecule has 0 aliphatic carbocycles. The monoisotopic (exact) mass is 258 g/mol. The summed E-state index contributed by atoms with van der Waals surface area (Å²) >= 11 is 0. The predicted octanol–water partition coefficient (Wildman–Crippen LogP) is 2.80. The molecular weight excluding hydrogens is 236 g/mol. The van der Waals surface area contributed by atoms with Gasteiger partial charge in [0, 0.05) is 18.9 Å². The smallest absolute Gasteiger partial charge is 0.151 e. The third-order valence-electron chi connectivity index (χ3n) is 3.36. The molecule has 0 amide bonds. The Hall–Kier alpha value is -1.68. The second-order valence-electron chi connectivity index (χ2n) is 4.67. The van der Waals surface area contributed by atoms with Gasteiger partial charge in [0.1, 0.15) is 5.82 Å². The van der Waals surface area contributed by atoms with Gasteiger partial charge in [0.25, 0.3) is 0 Å². The summed E-state index contributed by atoms with van der Waals surface area (Å²) in [5.41, 5.74) is 8.25. The number of nitrogens with zero attached hydrogens (tertiary/aromatic N) is 3. The van der Waals surface area contributed by atoms with Crippen LogP contribution in [-0.4, -0.2) is 14.8 Å². The van der Waals surface area contributed by atoms with Crippen LogP contribution in [0.3, 0.4) is 0 Å². The maximum Gasteiger partial charge on any atom is 0.151 e. The van der Waals surface area contributed by atoms with Gasteiger partial charge in [0.05, 0.1) is 5.69 Å². The van der Waals surface area contributed by atoms with Gasteiger partial charge in [-0.2, -0.15) is 5.10 Å². The lowest BCUT2D eigenvalue weighted by molar-refractivity contribution is 0.697. The normalized spacial score (nSPS) is 12.6. The summed E-state index contributed by atoms with van der Waals surface area (Å²) in [7, 11) is 0. The average Bonchev–Trinajstić information content (AvgIpc) is 2.90. The molecule has 2 aromatic rings. The fourth-order valence-electron chi connectivity index (χ4n) is 2.08. The molecule has 2 N–H and O–H groups in total. The minimum atomic E-state index is 0.113. The van der Waals surface area contributed by atoms with Crippen molar-refractivity contribution in [2.24, 2.45) is 5.73 Å². The van der Waals surface area contributed by atoms with E-state index in [9.17, 15) is 0 Å². The molecule has 4 heteroatoms. The van der Waals surface area contributed by atoms with Crippen LogP contribution in [0.25, 0.3) is 5.69 Å². The van der Waals surface area contributed by atoms with Crippen molar-refractivity contribution in [1.82, 2.24) is 14.8 Å². The lowest BCUT2D eigenvalue weighted by Gasteiger charge is -2.10. The zero-order valence-corrected chi connectivity index (χ0v) is 11.9. The van der Waals surface area contributed by atoms with Crippen molar-refractivity contribution in [3.05, 3.63) is 41.5 Å². The SMILES string of the molecule is CCc1nc(CC)n(-c2ccc([C@H](N)CC)cc2)n1. The number of hydrogen-bond acceptors (Lipinski definition) is 3. The van der Waals surface area contributed by atoms with Gasteiger partial charge in [0.2, 0.25) is 0 Å². The number of rotatable bonds is 5. The van der Waals surface area contributed by atoms with E-state index in [4.69, 9.17) is 5.73 Å². The molecule has 1 aromatic heterocycles. The molecular formula is C15H22N4. The quantitative estimate of drug-likeness (QED) is 0.897. The van der Waals surface area contributed by atoms with Crippen LogP contribution in [0.1, 0.15) is 50.4 Å². The van der Waals surface area contributed by atoms with Crippen LogP contribution in [-0.2, 0) is 12.8 Å².